The molecule has 0 spiro atoms. The van der Waals surface area contributed by atoms with Gasteiger partial charge in [-0.05, 0) is 50.1 Å². The molecule has 144 valence electrons. The molecule has 0 unspecified atom stereocenters. The number of sulfonamides is 1. The van der Waals surface area contributed by atoms with Gasteiger partial charge in [-0.25, -0.2) is 8.42 Å². The summed E-state index contributed by atoms with van der Waals surface area (Å²) < 4.78 is 27.5. The smallest absolute Gasteiger partial charge is 0.258 e. The minimum atomic E-state index is -3.72. The first-order valence-electron chi connectivity index (χ1n) is 9.11. The van der Waals surface area contributed by atoms with E-state index in [4.69, 9.17) is 11.6 Å². The zero-order valence-electron chi connectivity index (χ0n) is 15.3. The molecular formula is C20H23ClN2O3S. The van der Waals surface area contributed by atoms with Crippen molar-refractivity contribution in [2.75, 3.05) is 24.5 Å². The van der Waals surface area contributed by atoms with Crippen molar-refractivity contribution in [3.8, 4) is 0 Å². The number of hydrogen-bond donors (Lipinski definition) is 0. The molecule has 0 N–H and O–H groups in total. The summed E-state index contributed by atoms with van der Waals surface area (Å²) in [5.41, 5.74) is 1.07. The minimum Gasteiger partial charge on any atom is -0.309 e. The molecule has 0 saturated carbocycles. The van der Waals surface area contributed by atoms with E-state index in [0.29, 0.717) is 25.2 Å². The maximum absolute atomic E-state index is 13.0. The van der Waals surface area contributed by atoms with E-state index in [9.17, 15) is 13.2 Å². The number of nitrogens with zero attached hydrogens (tertiary/aromatic N) is 2. The fraction of sp³-hybridized carbons (Fsp3) is 0.350. The molecule has 0 aliphatic carbocycles. The van der Waals surface area contributed by atoms with Gasteiger partial charge in [0.25, 0.3) is 5.91 Å². The van der Waals surface area contributed by atoms with Crippen LogP contribution in [-0.2, 0) is 10.0 Å². The van der Waals surface area contributed by atoms with Crippen molar-refractivity contribution in [1.82, 2.24) is 4.31 Å². The van der Waals surface area contributed by atoms with Gasteiger partial charge in [0.1, 0.15) is 4.90 Å². The molecule has 7 heteroatoms. The first-order chi connectivity index (χ1) is 12.9. The minimum absolute atomic E-state index is 0.000955. The zero-order valence-corrected chi connectivity index (χ0v) is 16.8. The summed E-state index contributed by atoms with van der Waals surface area (Å²) in [5.74, 6) is -0.254. The summed E-state index contributed by atoms with van der Waals surface area (Å²) in [6.07, 6.45) is 2.71. The van der Waals surface area contributed by atoms with Gasteiger partial charge in [-0.3, -0.25) is 4.79 Å². The van der Waals surface area contributed by atoms with E-state index in [1.807, 2.05) is 37.3 Å². The van der Waals surface area contributed by atoms with Gasteiger partial charge in [0.05, 0.1) is 5.02 Å². The third-order valence-corrected chi connectivity index (χ3v) is 7.12. The third kappa shape index (κ3) is 4.18. The number of halogens is 1. The fourth-order valence-electron chi connectivity index (χ4n) is 3.29. The van der Waals surface area contributed by atoms with E-state index in [1.165, 1.54) is 16.4 Å². The average Bonchev–Trinajstić information content (AvgIpc) is 2.70. The summed E-state index contributed by atoms with van der Waals surface area (Å²) in [6, 6.07) is 13.8. The number of carbonyl (C=O) groups excluding carboxylic acids is 1. The number of benzene rings is 2. The predicted molar refractivity (Wildman–Crippen MR) is 108 cm³/mol. The molecule has 0 atom stereocenters. The van der Waals surface area contributed by atoms with Crippen molar-refractivity contribution in [3.05, 3.63) is 59.1 Å². The molecule has 1 saturated heterocycles. The van der Waals surface area contributed by atoms with Crippen molar-refractivity contribution in [3.63, 3.8) is 0 Å². The quantitative estimate of drug-likeness (QED) is 0.748. The maximum Gasteiger partial charge on any atom is 0.258 e. The van der Waals surface area contributed by atoms with Crippen LogP contribution in [0.3, 0.4) is 0 Å². The van der Waals surface area contributed by atoms with E-state index in [0.717, 1.165) is 24.9 Å². The van der Waals surface area contributed by atoms with Gasteiger partial charge >= 0.3 is 0 Å². The molecule has 1 aliphatic rings. The van der Waals surface area contributed by atoms with E-state index >= 15 is 0 Å². The molecule has 1 aliphatic heterocycles. The number of hydrogen-bond acceptors (Lipinski definition) is 3. The van der Waals surface area contributed by atoms with Crippen LogP contribution in [0.2, 0.25) is 5.02 Å². The summed E-state index contributed by atoms with van der Waals surface area (Å²) in [6.45, 7) is 3.33. The van der Waals surface area contributed by atoms with Gasteiger partial charge in [-0.1, -0.05) is 36.2 Å². The highest BCUT2D eigenvalue weighted by molar-refractivity contribution is 7.89. The molecule has 1 amide bonds. The lowest BCUT2D eigenvalue weighted by atomic mass is 10.2. The second-order valence-corrected chi connectivity index (χ2v) is 8.81. The van der Waals surface area contributed by atoms with Crippen LogP contribution in [0.15, 0.2) is 53.4 Å². The Bertz CT molecular complexity index is 910. The molecule has 3 rings (SSSR count). The van der Waals surface area contributed by atoms with Crippen molar-refractivity contribution >= 4 is 33.2 Å². The molecule has 0 radical (unpaired) electrons. The largest absolute Gasteiger partial charge is 0.309 e. The van der Waals surface area contributed by atoms with Crippen LogP contribution in [0.5, 0.6) is 0 Å². The van der Waals surface area contributed by atoms with Crippen LogP contribution in [0, 0.1) is 0 Å². The van der Waals surface area contributed by atoms with E-state index < -0.39 is 10.0 Å². The molecule has 2 aromatic rings. The summed E-state index contributed by atoms with van der Waals surface area (Å²) >= 11 is 6.20. The Morgan fingerprint density at radius 2 is 1.74 bits per heavy atom. The van der Waals surface area contributed by atoms with E-state index in [1.54, 1.807) is 11.0 Å². The number of anilines is 1. The molecule has 5 nitrogen and oxygen atoms in total. The Balaban J connectivity index is 1.96. The van der Waals surface area contributed by atoms with Gasteiger partial charge in [0.15, 0.2) is 0 Å². The Kier molecular flexibility index (Phi) is 6.19. The third-order valence-electron chi connectivity index (χ3n) is 4.74. The highest BCUT2D eigenvalue weighted by Crippen LogP contribution is 2.29. The summed E-state index contributed by atoms with van der Waals surface area (Å²) in [4.78, 5) is 14.6. The fourth-order valence-corrected chi connectivity index (χ4v) is 5.30. The van der Waals surface area contributed by atoms with Crippen molar-refractivity contribution in [2.45, 2.75) is 31.1 Å². The Morgan fingerprint density at radius 1 is 1.07 bits per heavy atom. The van der Waals surface area contributed by atoms with Gasteiger partial charge in [-0.2, -0.15) is 4.31 Å². The van der Waals surface area contributed by atoms with Crippen LogP contribution in [-0.4, -0.2) is 38.3 Å². The summed E-state index contributed by atoms with van der Waals surface area (Å²) in [5, 5.41) is 0.139. The highest BCUT2D eigenvalue weighted by atomic mass is 35.5. The van der Waals surface area contributed by atoms with E-state index in [2.05, 4.69) is 0 Å². The number of carbonyl (C=O) groups is 1. The lowest BCUT2D eigenvalue weighted by Crippen LogP contribution is -2.36. The Labute approximate surface area is 165 Å². The number of rotatable bonds is 5. The summed E-state index contributed by atoms with van der Waals surface area (Å²) in [7, 11) is -3.72. The van der Waals surface area contributed by atoms with Crippen molar-refractivity contribution in [1.29, 1.82) is 0 Å². The normalized spacial score (nSPS) is 15.5. The Hall–Kier alpha value is -1.89. The molecule has 0 aromatic heterocycles. The van der Waals surface area contributed by atoms with Crippen LogP contribution in [0.1, 0.15) is 36.5 Å². The topological polar surface area (TPSA) is 57.7 Å². The average molecular weight is 407 g/mol. The highest BCUT2D eigenvalue weighted by Gasteiger charge is 2.29. The van der Waals surface area contributed by atoms with Gasteiger partial charge in [0, 0.05) is 30.9 Å². The molecule has 1 fully saturated rings. The second kappa shape index (κ2) is 8.42. The molecule has 0 bridgehead atoms. The molecule has 1 heterocycles. The standard InChI is InChI=1S/C20H23ClN2O3S/c1-2-23(17-9-5-3-6-10-17)20(24)16-11-12-18(21)19(15-16)27(25,26)22-13-7-4-8-14-22/h3,5-6,9-12,15H,2,4,7-8,13-14H2,1H3. The lowest BCUT2D eigenvalue weighted by Gasteiger charge is -2.26. The zero-order chi connectivity index (χ0) is 19.4. The maximum atomic E-state index is 13.0. The van der Waals surface area contributed by atoms with Gasteiger partial charge in [0.2, 0.25) is 10.0 Å². The van der Waals surface area contributed by atoms with Crippen LogP contribution < -0.4 is 4.90 Å². The molecule has 27 heavy (non-hydrogen) atoms. The lowest BCUT2D eigenvalue weighted by molar-refractivity contribution is 0.0988. The SMILES string of the molecule is CCN(C(=O)c1ccc(Cl)c(S(=O)(=O)N2CCCCC2)c1)c1ccccc1. The molecule has 2 aromatic carbocycles. The van der Waals surface area contributed by atoms with Crippen LogP contribution in [0.4, 0.5) is 5.69 Å². The van der Waals surface area contributed by atoms with Crippen molar-refractivity contribution < 1.29 is 13.2 Å². The Morgan fingerprint density at radius 3 is 2.37 bits per heavy atom. The number of para-hydroxylation sites is 1. The van der Waals surface area contributed by atoms with E-state index in [-0.39, 0.29) is 15.8 Å². The van der Waals surface area contributed by atoms with Gasteiger partial charge < -0.3 is 4.90 Å². The first-order valence-corrected chi connectivity index (χ1v) is 10.9. The number of piperidine rings is 1. The number of amides is 1. The van der Waals surface area contributed by atoms with Gasteiger partial charge in [-0.15, -0.1) is 0 Å². The van der Waals surface area contributed by atoms with Crippen LogP contribution >= 0.6 is 11.6 Å². The predicted octanol–water partition coefficient (Wildman–Crippen LogP) is 4.18. The molecular weight excluding hydrogens is 384 g/mol. The second-order valence-electron chi connectivity index (χ2n) is 6.49. The monoisotopic (exact) mass is 406 g/mol. The van der Waals surface area contributed by atoms with Crippen molar-refractivity contribution in [2.24, 2.45) is 0 Å². The van der Waals surface area contributed by atoms with Crippen LogP contribution in [0.25, 0.3) is 0 Å². The first kappa shape index (κ1) is 19.9.